The molecular weight excluding hydrogens is 174 g/mol. The molecule has 0 spiro atoms. The van der Waals surface area contributed by atoms with E-state index in [1.807, 2.05) is 6.20 Å². The Balaban J connectivity index is 2.16. The maximum Gasteiger partial charge on any atom is 0.0670 e. The molecular formula is C11H19N3. The quantitative estimate of drug-likeness (QED) is 0.781. The van der Waals surface area contributed by atoms with Crippen LogP contribution < -0.4 is 5.73 Å². The number of hydrogen-bond donors (Lipinski definition) is 1. The molecule has 0 aromatic carbocycles. The summed E-state index contributed by atoms with van der Waals surface area (Å²) in [5, 5.41) is 4.41. The highest BCUT2D eigenvalue weighted by molar-refractivity contribution is 5.09. The third kappa shape index (κ3) is 1.69. The Kier molecular flexibility index (Phi) is 2.59. The van der Waals surface area contributed by atoms with Gasteiger partial charge in [-0.05, 0) is 30.7 Å². The van der Waals surface area contributed by atoms with Crippen LogP contribution in [0.25, 0.3) is 0 Å². The third-order valence-corrected chi connectivity index (χ3v) is 3.16. The van der Waals surface area contributed by atoms with E-state index in [4.69, 9.17) is 5.73 Å². The SMILES string of the molecule is CC(C)c1cnn(C2CCCC2N)c1. The van der Waals surface area contributed by atoms with Gasteiger partial charge in [0, 0.05) is 12.2 Å². The van der Waals surface area contributed by atoms with Crippen LogP contribution in [-0.2, 0) is 0 Å². The van der Waals surface area contributed by atoms with Gasteiger partial charge in [0.1, 0.15) is 0 Å². The zero-order valence-electron chi connectivity index (χ0n) is 8.98. The Morgan fingerprint density at radius 2 is 2.29 bits per heavy atom. The van der Waals surface area contributed by atoms with Gasteiger partial charge >= 0.3 is 0 Å². The average molecular weight is 193 g/mol. The maximum absolute atomic E-state index is 6.04. The topological polar surface area (TPSA) is 43.8 Å². The first-order chi connectivity index (χ1) is 6.68. The van der Waals surface area contributed by atoms with Crippen molar-refractivity contribution >= 4 is 0 Å². The molecule has 0 bridgehead atoms. The minimum absolute atomic E-state index is 0.301. The number of nitrogens with zero attached hydrogens (tertiary/aromatic N) is 2. The van der Waals surface area contributed by atoms with E-state index in [2.05, 4.69) is 29.8 Å². The summed E-state index contributed by atoms with van der Waals surface area (Å²) in [6.07, 6.45) is 7.68. The fourth-order valence-electron chi connectivity index (χ4n) is 2.13. The van der Waals surface area contributed by atoms with Gasteiger partial charge in [-0.25, -0.2) is 0 Å². The Bertz CT molecular complexity index is 303. The van der Waals surface area contributed by atoms with E-state index in [9.17, 15) is 0 Å². The molecule has 1 saturated carbocycles. The average Bonchev–Trinajstić information content (AvgIpc) is 2.71. The normalized spacial score (nSPS) is 27.4. The standard InChI is InChI=1S/C11H19N3/c1-8(2)9-6-13-14(7-9)11-5-3-4-10(11)12/h6-8,10-11H,3-5,12H2,1-2H3. The van der Waals surface area contributed by atoms with Crippen molar-refractivity contribution in [1.82, 2.24) is 9.78 Å². The van der Waals surface area contributed by atoms with E-state index < -0.39 is 0 Å². The van der Waals surface area contributed by atoms with Crippen LogP contribution in [0.5, 0.6) is 0 Å². The molecule has 1 fully saturated rings. The summed E-state index contributed by atoms with van der Waals surface area (Å²) < 4.78 is 2.06. The lowest BCUT2D eigenvalue weighted by Gasteiger charge is -2.15. The summed E-state index contributed by atoms with van der Waals surface area (Å²) in [5.74, 6) is 0.557. The molecule has 2 atom stereocenters. The number of hydrogen-bond acceptors (Lipinski definition) is 2. The van der Waals surface area contributed by atoms with Crippen molar-refractivity contribution in [2.24, 2.45) is 5.73 Å². The smallest absolute Gasteiger partial charge is 0.0670 e. The van der Waals surface area contributed by atoms with Crippen molar-refractivity contribution < 1.29 is 0 Å². The molecule has 2 N–H and O–H groups in total. The van der Waals surface area contributed by atoms with Gasteiger partial charge in [-0.3, -0.25) is 4.68 Å². The van der Waals surface area contributed by atoms with Gasteiger partial charge in [0.15, 0.2) is 0 Å². The summed E-state index contributed by atoms with van der Waals surface area (Å²) in [6.45, 7) is 4.38. The second kappa shape index (κ2) is 3.73. The third-order valence-electron chi connectivity index (χ3n) is 3.16. The molecule has 0 saturated heterocycles. The van der Waals surface area contributed by atoms with Gasteiger partial charge in [0.25, 0.3) is 0 Å². The molecule has 1 aliphatic rings. The fourth-order valence-corrected chi connectivity index (χ4v) is 2.13. The fraction of sp³-hybridized carbons (Fsp3) is 0.727. The molecule has 1 aromatic heterocycles. The van der Waals surface area contributed by atoms with Crippen molar-refractivity contribution in [1.29, 1.82) is 0 Å². The molecule has 0 radical (unpaired) electrons. The second-order valence-electron chi connectivity index (χ2n) is 4.57. The van der Waals surface area contributed by atoms with Crippen molar-refractivity contribution in [3.63, 3.8) is 0 Å². The summed E-state index contributed by atoms with van der Waals surface area (Å²) >= 11 is 0. The van der Waals surface area contributed by atoms with E-state index >= 15 is 0 Å². The highest BCUT2D eigenvalue weighted by Gasteiger charge is 2.26. The van der Waals surface area contributed by atoms with Gasteiger partial charge in [-0.15, -0.1) is 0 Å². The van der Waals surface area contributed by atoms with Crippen LogP contribution in [0.2, 0.25) is 0 Å². The summed E-state index contributed by atoms with van der Waals surface area (Å²) in [6, 6.07) is 0.734. The van der Waals surface area contributed by atoms with E-state index in [0.717, 1.165) is 6.42 Å². The van der Waals surface area contributed by atoms with Gasteiger partial charge in [0.2, 0.25) is 0 Å². The monoisotopic (exact) mass is 193 g/mol. The number of rotatable bonds is 2. The first kappa shape index (κ1) is 9.71. The van der Waals surface area contributed by atoms with E-state index in [0.29, 0.717) is 18.0 Å². The zero-order valence-corrected chi connectivity index (χ0v) is 8.98. The van der Waals surface area contributed by atoms with Gasteiger partial charge < -0.3 is 5.73 Å². The molecule has 78 valence electrons. The molecule has 2 unspecified atom stereocenters. The van der Waals surface area contributed by atoms with Crippen molar-refractivity contribution in [3.05, 3.63) is 18.0 Å². The van der Waals surface area contributed by atoms with Gasteiger partial charge in [0.05, 0.1) is 12.2 Å². The Morgan fingerprint density at radius 3 is 2.79 bits per heavy atom. The Morgan fingerprint density at radius 1 is 1.50 bits per heavy atom. The molecule has 14 heavy (non-hydrogen) atoms. The molecule has 2 rings (SSSR count). The van der Waals surface area contributed by atoms with Crippen molar-refractivity contribution in [2.75, 3.05) is 0 Å². The first-order valence-electron chi connectivity index (χ1n) is 5.48. The van der Waals surface area contributed by atoms with Crippen LogP contribution in [-0.4, -0.2) is 15.8 Å². The summed E-state index contributed by atoms with van der Waals surface area (Å²) in [7, 11) is 0. The van der Waals surface area contributed by atoms with Crippen molar-refractivity contribution in [3.8, 4) is 0 Å². The lowest BCUT2D eigenvalue weighted by Crippen LogP contribution is -2.27. The predicted octanol–water partition coefficient (Wildman–Crippen LogP) is 2.06. The van der Waals surface area contributed by atoms with Crippen LogP contribution >= 0.6 is 0 Å². The molecule has 1 heterocycles. The van der Waals surface area contributed by atoms with Crippen LogP contribution in [0.4, 0.5) is 0 Å². The van der Waals surface area contributed by atoms with Gasteiger partial charge in [-0.1, -0.05) is 13.8 Å². The Hall–Kier alpha value is -0.830. The molecule has 0 amide bonds. The largest absolute Gasteiger partial charge is 0.326 e. The van der Waals surface area contributed by atoms with Crippen LogP contribution in [0, 0.1) is 0 Å². The van der Waals surface area contributed by atoms with Gasteiger partial charge in [-0.2, -0.15) is 5.10 Å². The van der Waals surface area contributed by atoms with Crippen LogP contribution in [0.15, 0.2) is 12.4 Å². The predicted molar refractivity (Wildman–Crippen MR) is 57.2 cm³/mol. The minimum atomic E-state index is 0.301. The molecule has 3 heteroatoms. The molecule has 1 aliphatic carbocycles. The van der Waals surface area contributed by atoms with E-state index in [1.165, 1.54) is 18.4 Å². The minimum Gasteiger partial charge on any atom is -0.326 e. The zero-order chi connectivity index (χ0) is 10.1. The van der Waals surface area contributed by atoms with Crippen LogP contribution in [0.1, 0.15) is 50.6 Å². The summed E-state index contributed by atoms with van der Waals surface area (Å²) in [4.78, 5) is 0. The lowest BCUT2D eigenvalue weighted by atomic mass is 10.1. The highest BCUT2D eigenvalue weighted by Crippen LogP contribution is 2.28. The Labute approximate surface area is 85.3 Å². The lowest BCUT2D eigenvalue weighted by molar-refractivity contribution is 0.421. The molecule has 3 nitrogen and oxygen atoms in total. The molecule has 1 aromatic rings. The number of aromatic nitrogens is 2. The highest BCUT2D eigenvalue weighted by atomic mass is 15.3. The maximum atomic E-state index is 6.04. The van der Waals surface area contributed by atoms with E-state index in [1.54, 1.807) is 0 Å². The molecule has 0 aliphatic heterocycles. The van der Waals surface area contributed by atoms with Crippen molar-refractivity contribution in [2.45, 2.75) is 51.1 Å². The van der Waals surface area contributed by atoms with E-state index in [-0.39, 0.29) is 0 Å². The second-order valence-corrected chi connectivity index (χ2v) is 4.57. The first-order valence-corrected chi connectivity index (χ1v) is 5.48. The summed E-state index contributed by atoms with van der Waals surface area (Å²) in [5.41, 5.74) is 7.34. The van der Waals surface area contributed by atoms with Crippen LogP contribution in [0.3, 0.4) is 0 Å². The number of nitrogens with two attached hydrogens (primary N) is 1.